The molecule has 3 nitrogen and oxygen atoms in total. The molecule has 1 heterocycles. The van der Waals surface area contributed by atoms with E-state index in [1.807, 2.05) is 18.2 Å². The van der Waals surface area contributed by atoms with Crippen LogP contribution in [-0.2, 0) is 0 Å². The highest BCUT2D eigenvalue weighted by atomic mass is 79.9. The summed E-state index contributed by atoms with van der Waals surface area (Å²) >= 11 is 3.40. The fourth-order valence-electron chi connectivity index (χ4n) is 1.13. The van der Waals surface area contributed by atoms with E-state index in [0.717, 1.165) is 21.1 Å². The Morgan fingerprint density at radius 2 is 2.23 bits per heavy atom. The number of hydrogen-bond donors (Lipinski definition) is 0. The molecular weight excluding hydrogens is 232 g/mol. The maximum atomic E-state index is 5.11. The summed E-state index contributed by atoms with van der Waals surface area (Å²) in [6, 6.07) is 5.67. The van der Waals surface area contributed by atoms with Gasteiger partial charge in [0.1, 0.15) is 5.75 Å². The zero-order chi connectivity index (χ0) is 9.26. The molecule has 66 valence electrons. The number of methoxy groups -OCH3 is 1. The van der Waals surface area contributed by atoms with E-state index in [-0.39, 0.29) is 0 Å². The number of ether oxygens (including phenoxy) is 1. The SMILES string of the molecule is COc1ccc2nncc(Br)c2c1. The standard InChI is InChI=1S/C9H7BrN2O/c1-13-6-2-3-9-7(4-6)8(10)5-11-12-9/h2-5H,1H3. The highest BCUT2D eigenvalue weighted by molar-refractivity contribution is 9.10. The molecule has 2 rings (SSSR count). The molecule has 0 unspecified atom stereocenters. The summed E-state index contributed by atoms with van der Waals surface area (Å²) in [6.45, 7) is 0. The van der Waals surface area contributed by atoms with Crippen molar-refractivity contribution >= 4 is 26.8 Å². The highest BCUT2D eigenvalue weighted by Gasteiger charge is 2.01. The first-order chi connectivity index (χ1) is 6.31. The van der Waals surface area contributed by atoms with Crippen molar-refractivity contribution in [3.05, 3.63) is 28.9 Å². The molecule has 4 heteroatoms. The first-order valence-corrected chi connectivity index (χ1v) is 4.55. The number of benzene rings is 1. The lowest BCUT2D eigenvalue weighted by Crippen LogP contribution is -1.86. The van der Waals surface area contributed by atoms with Gasteiger partial charge in [-0.1, -0.05) is 0 Å². The summed E-state index contributed by atoms with van der Waals surface area (Å²) in [5, 5.41) is 8.82. The van der Waals surface area contributed by atoms with Gasteiger partial charge in [-0.2, -0.15) is 10.2 Å². The van der Waals surface area contributed by atoms with Crippen LogP contribution in [0.15, 0.2) is 28.9 Å². The van der Waals surface area contributed by atoms with Gasteiger partial charge in [0.25, 0.3) is 0 Å². The summed E-state index contributed by atoms with van der Waals surface area (Å²) in [5.74, 6) is 0.821. The van der Waals surface area contributed by atoms with Crippen LogP contribution in [0.4, 0.5) is 0 Å². The molecule has 0 saturated heterocycles. The van der Waals surface area contributed by atoms with Crippen molar-refractivity contribution in [3.8, 4) is 5.75 Å². The van der Waals surface area contributed by atoms with Gasteiger partial charge in [-0.25, -0.2) is 0 Å². The third-order valence-corrected chi connectivity index (χ3v) is 2.43. The Bertz CT molecular complexity index is 445. The van der Waals surface area contributed by atoms with Crippen LogP contribution in [-0.4, -0.2) is 17.3 Å². The van der Waals surface area contributed by atoms with Crippen molar-refractivity contribution in [2.24, 2.45) is 0 Å². The Hall–Kier alpha value is -1.16. The van der Waals surface area contributed by atoms with Crippen molar-refractivity contribution < 1.29 is 4.74 Å². The van der Waals surface area contributed by atoms with Crippen molar-refractivity contribution in [1.29, 1.82) is 0 Å². The van der Waals surface area contributed by atoms with Crippen LogP contribution in [0.2, 0.25) is 0 Å². The molecule has 0 aliphatic heterocycles. The monoisotopic (exact) mass is 238 g/mol. The Labute approximate surface area is 83.9 Å². The average molecular weight is 239 g/mol. The van der Waals surface area contributed by atoms with Gasteiger partial charge in [-0.3, -0.25) is 0 Å². The van der Waals surface area contributed by atoms with Gasteiger partial charge in [0.05, 0.1) is 18.8 Å². The van der Waals surface area contributed by atoms with Gasteiger partial charge in [-0.05, 0) is 34.1 Å². The normalized spacial score (nSPS) is 10.3. The van der Waals surface area contributed by atoms with Gasteiger partial charge in [-0.15, -0.1) is 0 Å². The molecule has 0 atom stereocenters. The van der Waals surface area contributed by atoms with Crippen LogP contribution in [0.1, 0.15) is 0 Å². The number of nitrogens with zero attached hydrogens (tertiary/aromatic N) is 2. The lowest BCUT2D eigenvalue weighted by atomic mass is 10.2. The van der Waals surface area contributed by atoms with Crippen LogP contribution in [0.5, 0.6) is 5.75 Å². The van der Waals surface area contributed by atoms with Crippen LogP contribution in [0.25, 0.3) is 10.9 Å². The molecule has 2 aromatic rings. The fraction of sp³-hybridized carbons (Fsp3) is 0.111. The molecule has 0 aliphatic carbocycles. The van der Waals surface area contributed by atoms with E-state index in [1.165, 1.54) is 0 Å². The van der Waals surface area contributed by atoms with Crippen molar-refractivity contribution in [2.45, 2.75) is 0 Å². The Morgan fingerprint density at radius 1 is 1.38 bits per heavy atom. The topological polar surface area (TPSA) is 35.0 Å². The number of hydrogen-bond acceptors (Lipinski definition) is 3. The predicted octanol–water partition coefficient (Wildman–Crippen LogP) is 2.40. The summed E-state index contributed by atoms with van der Waals surface area (Å²) in [4.78, 5) is 0. The highest BCUT2D eigenvalue weighted by Crippen LogP contribution is 2.24. The summed E-state index contributed by atoms with van der Waals surface area (Å²) in [7, 11) is 1.64. The second-order valence-corrected chi connectivity index (χ2v) is 3.43. The maximum Gasteiger partial charge on any atom is 0.119 e. The number of halogens is 1. The van der Waals surface area contributed by atoms with Gasteiger partial charge < -0.3 is 4.74 Å². The second-order valence-electron chi connectivity index (χ2n) is 2.58. The molecule has 0 bridgehead atoms. The zero-order valence-electron chi connectivity index (χ0n) is 6.99. The van der Waals surface area contributed by atoms with E-state index >= 15 is 0 Å². The van der Waals surface area contributed by atoms with Crippen LogP contribution in [0.3, 0.4) is 0 Å². The van der Waals surface area contributed by atoms with Gasteiger partial charge in [0.2, 0.25) is 0 Å². The minimum atomic E-state index is 0.821. The van der Waals surface area contributed by atoms with Gasteiger partial charge >= 0.3 is 0 Å². The molecular formula is C9H7BrN2O. The van der Waals surface area contributed by atoms with E-state index < -0.39 is 0 Å². The minimum absolute atomic E-state index is 0.821. The molecule has 0 N–H and O–H groups in total. The van der Waals surface area contributed by atoms with Crippen LogP contribution >= 0.6 is 15.9 Å². The number of fused-ring (bicyclic) bond motifs is 1. The third-order valence-electron chi connectivity index (χ3n) is 1.80. The molecule has 0 spiro atoms. The van der Waals surface area contributed by atoms with E-state index in [4.69, 9.17) is 4.74 Å². The lowest BCUT2D eigenvalue weighted by Gasteiger charge is -2.01. The summed E-state index contributed by atoms with van der Waals surface area (Å²) in [6.07, 6.45) is 1.67. The zero-order valence-corrected chi connectivity index (χ0v) is 8.58. The minimum Gasteiger partial charge on any atom is -0.497 e. The van der Waals surface area contributed by atoms with E-state index in [0.29, 0.717) is 0 Å². The van der Waals surface area contributed by atoms with Crippen LogP contribution in [0, 0.1) is 0 Å². The summed E-state index contributed by atoms with van der Waals surface area (Å²) in [5.41, 5.74) is 0.857. The van der Waals surface area contributed by atoms with Crippen molar-refractivity contribution in [1.82, 2.24) is 10.2 Å². The molecule has 0 fully saturated rings. The largest absolute Gasteiger partial charge is 0.497 e. The molecule has 0 radical (unpaired) electrons. The number of rotatable bonds is 1. The van der Waals surface area contributed by atoms with Crippen molar-refractivity contribution in [3.63, 3.8) is 0 Å². The molecule has 0 aliphatic rings. The molecule has 13 heavy (non-hydrogen) atoms. The predicted molar refractivity (Wildman–Crippen MR) is 53.8 cm³/mol. The molecule has 0 saturated carbocycles. The summed E-state index contributed by atoms with van der Waals surface area (Å²) < 4.78 is 6.04. The third kappa shape index (κ3) is 1.49. The Kier molecular flexibility index (Phi) is 2.14. The maximum absolute atomic E-state index is 5.11. The van der Waals surface area contributed by atoms with E-state index in [2.05, 4.69) is 26.1 Å². The van der Waals surface area contributed by atoms with Gasteiger partial charge in [0, 0.05) is 9.86 Å². The fourth-order valence-corrected chi connectivity index (χ4v) is 1.54. The Morgan fingerprint density at radius 3 is 3.00 bits per heavy atom. The lowest BCUT2D eigenvalue weighted by molar-refractivity contribution is 0.415. The molecule has 1 aromatic carbocycles. The average Bonchev–Trinajstić information content (AvgIpc) is 2.18. The molecule has 0 amide bonds. The van der Waals surface area contributed by atoms with E-state index in [1.54, 1.807) is 13.3 Å². The smallest absolute Gasteiger partial charge is 0.119 e. The van der Waals surface area contributed by atoms with Crippen molar-refractivity contribution in [2.75, 3.05) is 7.11 Å². The number of aromatic nitrogens is 2. The van der Waals surface area contributed by atoms with Gasteiger partial charge in [0.15, 0.2) is 0 Å². The Balaban J connectivity index is 2.74. The first kappa shape index (κ1) is 8.44. The first-order valence-electron chi connectivity index (χ1n) is 3.76. The quantitative estimate of drug-likeness (QED) is 0.766. The second kappa shape index (κ2) is 3.30. The molecule has 1 aromatic heterocycles. The van der Waals surface area contributed by atoms with E-state index in [9.17, 15) is 0 Å². The van der Waals surface area contributed by atoms with Crippen LogP contribution < -0.4 is 4.74 Å².